The molecule has 132 valence electrons. The predicted molar refractivity (Wildman–Crippen MR) is 96.8 cm³/mol. The maximum Gasteiger partial charge on any atom is 0.228 e. The summed E-state index contributed by atoms with van der Waals surface area (Å²) in [6.45, 7) is 1.65. The summed E-state index contributed by atoms with van der Waals surface area (Å²) < 4.78 is 0. The molecule has 4 aliphatic carbocycles. The molecule has 1 heterocycles. The zero-order valence-corrected chi connectivity index (χ0v) is 14.9. The molecule has 1 aromatic rings. The highest BCUT2D eigenvalue weighted by Gasteiger charge is 2.79. The Balaban J connectivity index is 1.43. The molecule has 1 saturated heterocycles. The maximum atomic E-state index is 13.6. The van der Waals surface area contributed by atoms with Gasteiger partial charge in [0.1, 0.15) is 0 Å². The SMILES string of the molecule is NC1CCN(C(=O)C23CC4CC5CC(c6ccccc6)(C2)C5(C4)C3)C1. The van der Waals surface area contributed by atoms with Gasteiger partial charge in [0.05, 0.1) is 5.41 Å². The molecule has 2 N–H and O–H groups in total. The molecule has 5 fully saturated rings. The summed E-state index contributed by atoms with van der Waals surface area (Å²) in [7, 11) is 0. The van der Waals surface area contributed by atoms with Gasteiger partial charge in [-0.05, 0) is 67.8 Å². The summed E-state index contributed by atoms with van der Waals surface area (Å²) in [6, 6.07) is 11.4. The number of likely N-dealkylation sites (tertiary alicyclic amines) is 1. The second-order valence-electron chi connectivity index (χ2n) is 9.95. The van der Waals surface area contributed by atoms with E-state index in [2.05, 4.69) is 35.2 Å². The minimum atomic E-state index is -0.0892. The van der Waals surface area contributed by atoms with Crippen molar-refractivity contribution in [1.29, 1.82) is 0 Å². The van der Waals surface area contributed by atoms with Gasteiger partial charge in [-0.3, -0.25) is 4.79 Å². The fourth-order valence-corrected chi connectivity index (χ4v) is 8.29. The van der Waals surface area contributed by atoms with Crippen LogP contribution in [0.5, 0.6) is 0 Å². The Morgan fingerprint density at radius 2 is 1.96 bits per heavy atom. The molecule has 6 unspecified atom stereocenters. The van der Waals surface area contributed by atoms with Gasteiger partial charge in [-0.15, -0.1) is 0 Å². The van der Waals surface area contributed by atoms with Crippen molar-refractivity contribution in [3.8, 4) is 0 Å². The molecule has 1 aromatic carbocycles. The summed E-state index contributed by atoms with van der Waals surface area (Å²) in [5, 5.41) is 0. The molecule has 3 bridgehead atoms. The fourth-order valence-electron chi connectivity index (χ4n) is 8.29. The third kappa shape index (κ3) is 1.60. The molecule has 4 saturated carbocycles. The van der Waals surface area contributed by atoms with Crippen LogP contribution in [0.25, 0.3) is 0 Å². The average Bonchev–Trinajstić information content (AvgIpc) is 3.18. The number of nitrogens with zero attached hydrogens (tertiary/aromatic N) is 1. The van der Waals surface area contributed by atoms with Gasteiger partial charge in [0.2, 0.25) is 5.91 Å². The number of fused-ring (bicyclic) bond motifs is 2. The lowest BCUT2D eigenvalue weighted by Gasteiger charge is -2.59. The molecule has 1 aliphatic heterocycles. The normalized spacial score (nSPS) is 49.3. The van der Waals surface area contributed by atoms with E-state index in [1.165, 1.54) is 24.8 Å². The van der Waals surface area contributed by atoms with E-state index in [0.29, 0.717) is 11.3 Å². The minimum Gasteiger partial charge on any atom is -0.341 e. The Kier molecular flexibility index (Phi) is 2.65. The molecule has 6 rings (SSSR count). The van der Waals surface area contributed by atoms with Gasteiger partial charge >= 0.3 is 0 Å². The first kappa shape index (κ1) is 14.8. The van der Waals surface area contributed by atoms with Crippen LogP contribution in [0.3, 0.4) is 0 Å². The first-order valence-corrected chi connectivity index (χ1v) is 10.2. The average molecular weight is 336 g/mol. The molecule has 3 heteroatoms. The molecule has 3 nitrogen and oxygen atoms in total. The number of nitrogens with two attached hydrogens (primary N) is 1. The number of benzene rings is 1. The van der Waals surface area contributed by atoms with Crippen LogP contribution in [-0.4, -0.2) is 29.9 Å². The van der Waals surface area contributed by atoms with Crippen molar-refractivity contribution < 1.29 is 4.79 Å². The quantitative estimate of drug-likeness (QED) is 0.902. The summed E-state index contributed by atoms with van der Waals surface area (Å²) in [5.74, 6) is 2.11. The summed E-state index contributed by atoms with van der Waals surface area (Å²) in [6.07, 6.45) is 8.45. The third-order valence-electron chi connectivity index (χ3n) is 8.87. The Morgan fingerprint density at radius 3 is 2.72 bits per heavy atom. The molecule has 6 atom stereocenters. The molecule has 1 spiro atoms. The fraction of sp³-hybridized carbons (Fsp3) is 0.682. The van der Waals surface area contributed by atoms with Gasteiger partial charge < -0.3 is 10.6 Å². The highest BCUT2D eigenvalue weighted by molar-refractivity contribution is 5.85. The zero-order chi connectivity index (χ0) is 16.9. The summed E-state index contributed by atoms with van der Waals surface area (Å²) in [5.41, 5.74) is 8.24. The van der Waals surface area contributed by atoms with Crippen molar-refractivity contribution in [1.82, 2.24) is 4.90 Å². The van der Waals surface area contributed by atoms with Crippen molar-refractivity contribution >= 4 is 5.91 Å². The van der Waals surface area contributed by atoms with Crippen LogP contribution < -0.4 is 5.73 Å². The van der Waals surface area contributed by atoms with Crippen LogP contribution in [0.4, 0.5) is 0 Å². The minimum absolute atomic E-state index is 0.0892. The number of hydrogen-bond donors (Lipinski definition) is 1. The van der Waals surface area contributed by atoms with Crippen molar-refractivity contribution in [2.45, 2.75) is 56.4 Å². The summed E-state index contributed by atoms with van der Waals surface area (Å²) >= 11 is 0. The molecular formula is C22H28N2O. The Hall–Kier alpha value is -1.35. The molecule has 5 aliphatic rings. The van der Waals surface area contributed by atoms with Crippen LogP contribution in [0, 0.1) is 22.7 Å². The van der Waals surface area contributed by atoms with E-state index in [1.807, 2.05) is 0 Å². The van der Waals surface area contributed by atoms with Crippen molar-refractivity contribution in [2.75, 3.05) is 13.1 Å². The lowest BCUT2D eigenvalue weighted by atomic mass is 9.44. The maximum absolute atomic E-state index is 13.6. The third-order valence-corrected chi connectivity index (χ3v) is 8.87. The van der Waals surface area contributed by atoms with Crippen molar-refractivity contribution in [3.63, 3.8) is 0 Å². The van der Waals surface area contributed by atoms with Gasteiger partial charge in [0.25, 0.3) is 0 Å². The highest BCUT2D eigenvalue weighted by Crippen LogP contribution is 2.84. The van der Waals surface area contributed by atoms with E-state index in [4.69, 9.17) is 5.73 Å². The van der Waals surface area contributed by atoms with Crippen LogP contribution in [0.2, 0.25) is 0 Å². The number of carbonyl (C=O) groups excluding carboxylic acids is 1. The Labute approximate surface area is 150 Å². The summed E-state index contributed by atoms with van der Waals surface area (Å²) in [4.78, 5) is 15.8. The van der Waals surface area contributed by atoms with Crippen LogP contribution in [0.15, 0.2) is 30.3 Å². The smallest absolute Gasteiger partial charge is 0.228 e. The topological polar surface area (TPSA) is 46.3 Å². The van der Waals surface area contributed by atoms with Gasteiger partial charge in [0.15, 0.2) is 0 Å². The van der Waals surface area contributed by atoms with Crippen LogP contribution in [0.1, 0.15) is 50.5 Å². The first-order valence-electron chi connectivity index (χ1n) is 10.2. The zero-order valence-electron chi connectivity index (χ0n) is 14.9. The van der Waals surface area contributed by atoms with Gasteiger partial charge in [-0.2, -0.15) is 0 Å². The Morgan fingerprint density at radius 1 is 1.12 bits per heavy atom. The first-order chi connectivity index (χ1) is 12.1. The van der Waals surface area contributed by atoms with Gasteiger partial charge in [-0.1, -0.05) is 30.3 Å². The van der Waals surface area contributed by atoms with E-state index in [9.17, 15) is 4.79 Å². The van der Waals surface area contributed by atoms with Gasteiger partial charge in [0, 0.05) is 24.5 Å². The van der Waals surface area contributed by atoms with Crippen LogP contribution in [-0.2, 0) is 10.2 Å². The van der Waals surface area contributed by atoms with Gasteiger partial charge in [-0.25, -0.2) is 0 Å². The molecule has 0 radical (unpaired) electrons. The lowest BCUT2D eigenvalue weighted by Crippen LogP contribution is -2.55. The number of hydrogen-bond acceptors (Lipinski definition) is 2. The van der Waals surface area contributed by atoms with Crippen molar-refractivity contribution in [3.05, 3.63) is 35.9 Å². The monoisotopic (exact) mass is 336 g/mol. The molecule has 25 heavy (non-hydrogen) atoms. The van der Waals surface area contributed by atoms with E-state index in [-0.39, 0.29) is 16.9 Å². The largest absolute Gasteiger partial charge is 0.341 e. The predicted octanol–water partition coefficient (Wildman–Crippen LogP) is 3.08. The van der Waals surface area contributed by atoms with Crippen LogP contribution >= 0.6 is 0 Å². The number of carbonyl (C=O) groups is 1. The van der Waals surface area contributed by atoms with E-state index >= 15 is 0 Å². The van der Waals surface area contributed by atoms with Crippen molar-refractivity contribution in [2.24, 2.45) is 28.4 Å². The van der Waals surface area contributed by atoms with E-state index in [1.54, 1.807) is 0 Å². The highest BCUT2D eigenvalue weighted by atomic mass is 16.2. The molecule has 0 aromatic heterocycles. The second kappa shape index (κ2) is 4.49. The van der Waals surface area contributed by atoms with E-state index < -0.39 is 0 Å². The molecule has 1 amide bonds. The standard InChI is InChI=1S/C22H28N2O/c23-18-6-7-24(12-18)19(25)20-9-15-8-17-11-22(14-20,21(17,10-15)13-20)16-4-2-1-3-5-16/h1-5,15,17-18H,6-14,23H2. The number of rotatable bonds is 2. The molecular weight excluding hydrogens is 308 g/mol. The second-order valence-corrected chi connectivity index (χ2v) is 9.95. The van der Waals surface area contributed by atoms with E-state index in [0.717, 1.165) is 50.6 Å². The number of amides is 1. The lowest BCUT2D eigenvalue weighted by molar-refractivity contribution is -0.143. The Bertz CT molecular complexity index is 748.